The van der Waals surface area contributed by atoms with Crippen LogP contribution in [0.4, 0.5) is 18.9 Å². The predicted octanol–water partition coefficient (Wildman–Crippen LogP) is 3.06. The van der Waals surface area contributed by atoms with Crippen LogP contribution in [-0.2, 0) is 16.0 Å². The van der Waals surface area contributed by atoms with Crippen LogP contribution in [-0.4, -0.2) is 31.1 Å². The summed E-state index contributed by atoms with van der Waals surface area (Å²) < 4.78 is 37.1. The average Bonchev–Trinajstić information content (AvgIpc) is 3.02. The number of alkyl halides is 3. The molecule has 1 N–H and O–H groups in total. The Hall–Kier alpha value is -2.05. The quantitative estimate of drug-likeness (QED) is 0.907. The molecule has 1 saturated carbocycles. The summed E-state index contributed by atoms with van der Waals surface area (Å²) in [5, 5.41) is 1.95. The molecule has 4 nitrogen and oxygen atoms in total. The number of halogens is 3. The Bertz CT molecular complexity index is 660. The van der Waals surface area contributed by atoms with Crippen molar-refractivity contribution in [3.8, 4) is 0 Å². The van der Waals surface area contributed by atoms with E-state index in [1.807, 2.05) is 29.6 Å². The largest absolute Gasteiger partial charge is 0.405 e. The Labute approximate surface area is 144 Å². The van der Waals surface area contributed by atoms with Crippen LogP contribution in [0.5, 0.6) is 0 Å². The van der Waals surface area contributed by atoms with Crippen molar-refractivity contribution < 1.29 is 22.8 Å². The molecule has 2 amide bonds. The molecule has 0 spiro atoms. The van der Waals surface area contributed by atoms with Crippen molar-refractivity contribution in [2.45, 2.75) is 38.3 Å². The molecule has 1 aromatic rings. The average molecular weight is 354 g/mol. The number of anilines is 1. The second-order valence-corrected chi connectivity index (χ2v) is 6.70. The highest BCUT2D eigenvalue weighted by molar-refractivity contribution is 5.99. The smallest absolute Gasteiger partial charge is 0.347 e. The van der Waals surface area contributed by atoms with Gasteiger partial charge in [0, 0.05) is 18.2 Å². The van der Waals surface area contributed by atoms with E-state index < -0.39 is 30.5 Å². The van der Waals surface area contributed by atoms with Gasteiger partial charge in [0.15, 0.2) is 0 Å². The highest BCUT2D eigenvalue weighted by Gasteiger charge is 2.40. The van der Waals surface area contributed by atoms with Crippen molar-refractivity contribution >= 4 is 17.5 Å². The first-order chi connectivity index (χ1) is 11.9. The van der Waals surface area contributed by atoms with E-state index in [0.29, 0.717) is 19.4 Å². The Morgan fingerprint density at radius 2 is 1.80 bits per heavy atom. The zero-order valence-corrected chi connectivity index (χ0v) is 13.8. The van der Waals surface area contributed by atoms with Gasteiger partial charge in [-0.25, -0.2) is 0 Å². The highest BCUT2D eigenvalue weighted by Crippen LogP contribution is 2.36. The molecule has 136 valence electrons. The Balaban J connectivity index is 1.73. The predicted molar refractivity (Wildman–Crippen MR) is 87.0 cm³/mol. The summed E-state index contributed by atoms with van der Waals surface area (Å²) in [5.41, 5.74) is 1.94. The number of benzene rings is 1. The summed E-state index contributed by atoms with van der Waals surface area (Å²) in [4.78, 5) is 26.9. The molecule has 2 aliphatic rings. The van der Waals surface area contributed by atoms with Crippen LogP contribution in [0.15, 0.2) is 24.3 Å². The topological polar surface area (TPSA) is 49.4 Å². The number of nitrogens with one attached hydrogen (secondary N) is 1. The Kier molecular flexibility index (Phi) is 5.01. The molecule has 1 aromatic carbocycles. The third-order valence-electron chi connectivity index (χ3n) is 5.04. The van der Waals surface area contributed by atoms with Gasteiger partial charge in [0.1, 0.15) is 6.54 Å². The second-order valence-electron chi connectivity index (χ2n) is 6.70. The van der Waals surface area contributed by atoms with Crippen LogP contribution < -0.4 is 10.2 Å². The molecule has 2 atom stereocenters. The summed E-state index contributed by atoms with van der Waals surface area (Å²) >= 11 is 0. The number of carbonyl (C=O) groups is 2. The van der Waals surface area contributed by atoms with Gasteiger partial charge < -0.3 is 10.2 Å². The fourth-order valence-electron chi connectivity index (χ4n) is 3.83. The maximum Gasteiger partial charge on any atom is 0.405 e. The fraction of sp³-hybridized carbons (Fsp3) is 0.556. The van der Waals surface area contributed by atoms with Gasteiger partial charge >= 0.3 is 6.18 Å². The first-order valence-corrected chi connectivity index (χ1v) is 8.60. The van der Waals surface area contributed by atoms with Crippen LogP contribution in [0, 0.1) is 11.8 Å². The SMILES string of the molecule is O=C(NCC(F)(F)F)[C@@H]1CCCC[C@@H]1C(=O)N1CCc2ccccc21. The van der Waals surface area contributed by atoms with E-state index in [2.05, 4.69) is 0 Å². The molecule has 1 aliphatic carbocycles. The lowest BCUT2D eigenvalue weighted by Gasteiger charge is -2.32. The zero-order chi connectivity index (χ0) is 18.0. The van der Waals surface area contributed by atoms with Crippen LogP contribution in [0.25, 0.3) is 0 Å². The first-order valence-electron chi connectivity index (χ1n) is 8.60. The van der Waals surface area contributed by atoms with Gasteiger partial charge in [-0.2, -0.15) is 13.2 Å². The maximum absolute atomic E-state index is 13.0. The normalized spacial score (nSPS) is 23.2. The van der Waals surface area contributed by atoms with Crippen molar-refractivity contribution in [2.24, 2.45) is 11.8 Å². The van der Waals surface area contributed by atoms with Crippen molar-refractivity contribution in [3.63, 3.8) is 0 Å². The lowest BCUT2D eigenvalue weighted by molar-refractivity contribution is -0.144. The maximum atomic E-state index is 13.0. The zero-order valence-electron chi connectivity index (χ0n) is 13.8. The van der Waals surface area contributed by atoms with E-state index in [1.54, 1.807) is 4.90 Å². The number of rotatable bonds is 3. The van der Waals surface area contributed by atoms with Crippen molar-refractivity contribution in [1.29, 1.82) is 0 Å². The first kappa shape index (κ1) is 17.8. The van der Waals surface area contributed by atoms with Crippen LogP contribution in [0.2, 0.25) is 0 Å². The van der Waals surface area contributed by atoms with Crippen molar-refractivity contribution in [3.05, 3.63) is 29.8 Å². The molecule has 0 saturated heterocycles. The van der Waals surface area contributed by atoms with Crippen LogP contribution >= 0.6 is 0 Å². The molecule has 1 fully saturated rings. The van der Waals surface area contributed by atoms with E-state index in [-0.39, 0.29) is 5.91 Å². The summed E-state index contributed by atoms with van der Waals surface area (Å²) in [6.45, 7) is -0.790. The molecule has 3 rings (SSSR count). The number of carbonyl (C=O) groups excluding carboxylic acids is 2. The highest BCUT2D eigenvalue weighted by atomic mass is 19.4. The van der Waals surface area contributed by atoms with E-state index in [1.165, 1.54) is 0 Å². The molecule has 7 heteroatoms. The van der Waals surface area contributed by atoms with Gasteiger partial charge in [-0.05, 0) is 30.9 Å². The van der Waals surface area contributed by atoms with E-state index in [0.717, 1.165) is 30.5 Å². The standard InChI is InChI=1S/C18H21F3N2O2/c19-18(20,21)11-22-16(24)13-6-2-3-7-14(13)17(25)23-10-9-12-5-1-4-8-15(12)23/h1,4-5,8,13-14H,2-3,6-7,9-11H2,(H,22,24)/t13-,14+/m1/s1. The fourth-order valence-corrected chi connectivity index (χ4v) is 3.83. The molecule has 0 aromatic heterocycles. The minimum Gasteiger partial charge on any atom is -0.347 e. The van der Waals surface area contributed by atoms with Gasteiger partial charge in [0.05, 0.1) is 5.92 Å². The summed E-state index contributed by atoms with van der Waals surface area (Å²) in [6.07, 6.45) is -1.12. The monoisotopic (exact) mass is 354 g/mol. The number of para-hydroxylation sites is 1. The van der Waals surface area contributed by atoms with Crippen molar-refractivity contribution in [2.75, 3.05) is 18.0 Å². The van der Waals surface area contributed by atoms with Gasteiger partial charge in [0.25, 0.3) is 0 Å². The minimum atomic E-state index is -4.45. The number of nitrogens with zero attached hydrogens (tertiary/aromatic N) is 1. The minimum absolute atomic E-state index is 0.142. The molecule has 0 unspecified atom stereocenters. The third kappa shape index (κ3) is 3.96. The number of hydrogen-bond acceptors (Lipinski definition) is 2. The molecule has 1 aliphatic heterocycles. The number of hydrogen-bond donors (Lipinski definition) is 1. The third-order valence-corrected chi connectivity index (χ3v) is 5.04. The molecular formula is C18H21F3N2O2. The molecular weight excluding hydrogens is 333 g/mol. The lowest BCUT2D eigenvalue weighted by atomic mass is 9.77. The molecule has 25 heavy (non-hydrogen) atoms. The Morgan fingerprint density at radius 1 is 1.12 bits per heavy atom. The van der Waals surface area contributed by atoms with Gasteiger partial charge in [-0.3, -0.25) is 9.59 Å². The molecule has 0 radical (unpaired) electrons. The summed E-state index contributed by atoms with van der Waals surface area (Å²) in [5.74, 6) is -2.04. The molecule has 0 bridgehead atoms. The van der Waals surface area contributed by atoms with Crippen LogP contribution in [0.1, 0.15) is 31.2 Å². The van der Waals surface area contributed by atoms with Crippen molar-refractivity contribution in [1.82, 2.24) is 5.32 Å². The second kappa shape index (κ2) is 7.06. The molecule has 1 heterocycles. The summed E-state index contributed by atoms with van der Waals surface area (Å²) in [7, 11) is 0. The van der Waals surface area contributed by atoms with E-state index in [9.17, 15) is 22.8 Å². The van der Waals surface area contributed by atoms with Gasteiger partial charge in [0.2, 0.25) is 11.8 Å². The van der Waals surface area contributed by atoms with E-state index >= 15 is 0 Å². The van der Waals surface area contributed by atoms with Crippen LogP contribution in [0.3, 0.4) is 0 Å². The summed E-state index contributed by atoms with van der Waals surface area (Å²) in [6, 6.07) is 7.62. The number of amides is 2. The van der Waals surface area contributed by atoms with Gasteiger partial charge in [-0.15, -0.1) is 0 Å². The van der Waals surface area contributed by atoms with E-state index in [4.69, 9.17) is 0 Å². The lowest BCUT2D eigenvalue weighted by Crippen LogP contribution is -2.46. The Morgan fingerprint density at radius 3 is 2.52 bits per heavy atom. The number of fused-ring (bicyclic) bond motifs is 1. The van der Waals surface area contributed by atoms with Gasteiger partial charge in [-0.1, -0.05) is 31.0 Å².